The van der Waals surface area contributed by atoms with Crippen molar-refractivity contribution in [3.05, 3.63) is 81.9 Å². The minimum Gasteiger partial charge on any atom is -0.339 e. The van der Waals surface area contributed by atoms with E-state index in [0.717, 1.165) is 27.9 Å². The maximum Gasteiger partial charge on any atom is 0.229 e. The molecular formula is C25H22ClN5O2S. The molecule has 0 aliphatic rings. The molecule has 172 valence electrons. The summed E-state index contributed by atoms with van der Waals surface area (Å²) in [4.78, 5) is 4.84. The van der Waals surface area contributed by atoms with Gasteiger partial charge in [-0.3, -0.25) is 0 Å². The van der Waals surface area contributed by atoms with Crippen LogP contribution in [0.5, 0.6) is 0 Å². The number of aromatic nitrogens is 4. The summed E-state index contributed by atoms with van der Waals surface area (Å²) < 4.78 is 28.5. The molecule has 7 nitrogen and oxygen atoms in total. The molecule has 0 spiro atoms. The lowest BCUT2D eigenvalue weighted by Gasteiger charge is -2.13. The zero-order valence-corrected chi connectivity index (χ0v) is 20.7. The van der Waals surface area contributed by atoms with E-state index in [1.807, 2.05) is 45.9 Å². The number of nitrogens with zero attached hydrogens (tertiary/aromatic N) is 4. The summed E-state index contributed by atoms with van der Waals surface area (Å²) in [7, 11) is -3.95. The van der Waals surface area contributed by atoms with Gasteiger partial charge in [-0.05, 0) is 86.3 Å². The van der Waals surface area contributed by atoms with Crippen LogP contribution < -0.4 is 5.32 Å². The van der Waals surface area contributed by atoms with E-state index in [9.17, 15) is 8.42 Å². The maximum atomic E-state index is 13.5. The summed E-state index contributed by atoms with van der Waals surface area (Å²) in [5.74, 6) is 0.470. The van der Waals surface area contributed by atoms with Crippen molar-refractivity contribution >= 4 is 49.5 Å². The number of sulfone groups is 1. The van der Waals surface area contributed by atoms with E-state index in [0.29, 0.717) is 21.7 Å². The van der Waals surface area contributed by atoms with E-state index >= 15 is 0 Å². The molecule has 1 N–H and O–H groups in total. The van der Waals surface area contributed by atoms with Crippen molar-refractivity contribution in [3.8, 4) is 0 Å². The molecule has 0 saturated carbocycles. The van der Waals surface area contributed by atoms with Crippen molar-refractivity contribution < 1.29 is 8.42 Å². The van der Waals surface area contributed by atoms with Gasteiger partial charge in [-0.25, -0.2) is 13.4 Å². The molecule has 0 atom stereocenters. The van der Waals surface area contributed by atoms with Crippen molar-refractivity contribution in [1.82, 2.24) is 19.8 Å². The van der Waals surface area contributed by atoms with Crippen LogP contribution in [0.15, 0.2) is 64.5 Å². The fourth-order valence-corrected chi connectivity index (χ4v) is 5.32. The number of fused-ring (bicyclic) bond motifs is 3. The molecule has 0 unspecified atom stereocenters. The lowest BCUT2D eigenvalue weighted by Crippen LogP contribution is -2.06. The second kappa shape index (κ2) is 8.07. The fraction of sp³-hybridized carbons (Fsp3) is 0.160. The number of halogens is 1. The first kappa shape index (κ1) is 22.3. The average molecular weight is 492 g/mol. The highest BCUT2D eigenvalue weighted by Gasteiger charge is 2.27. The molecule has 34 heavy (non-hydrogen) atoms. The van der Waals surface area contributed by atoms with Gasteiger partial charge in [0, 0.05) is 16.1 Å². The topological polar surface area (TPSA) is 89.2 Å². The van der Waals surface area contributed by atoms with Gasteiger partial charge in [0.25, 0.3) is 0 Å². The number of hydrogen-bond acceptors (Lipinski definition) is 6. The molecule has 0 amide bonds. The van der Waals surface area contributed by atoms with Crippen LogP contribution in [0.3, 0.4) is 0 Å². The molecule has 0 bridgehead atoms. The zero-order chi connectivity index (χ0) is 24.2. The van der Waals surface area contributed by atoms with Gasteiger partial charge in [-0.2, -0.15) is 4.52 Å². The van der Waals surface area contributed by atoms with Gasteiger partial charge in [-0.1, -0.05) is 35.0 Å². The molecule has 5 aromatic rings. The Bertz CT molecular complexity index is 1710. The van der Waals surface area contributed by atoms with Gasteiger partial charge in [0.1, 0.15) is 5.82 Å². The van der Waals surface area contributed by atoms with E-state index in [1.54, 1.807) is 36.4 Å². The number of aryl methyl sites for hydroxylation is 4. The smallest absolute Gasteiger partial charge is 0.229 e. The molecule has 2 heterocycles. The minimum atomic E-state index is -3.95. The van der Waals surface area contributed by atoms with E-state index in [-0.39, 0.29) is 15.6 Å². The molecule has 0 fully saturated rings. The third kappa shape index (κ3) is 3.69. The van der Waals surface area contributed by atoms with Crippen molar-refractivity contribution in [2.24, 2.45) is 0 Å². The number of anilines is 2. The second-order valence-electron chi connectivity index (χ2n) is 8.44. The Morgan fingerprint density at radius 2 is 1.65 bits per heavy atom. The normalized spacial score (nSPS) is 11.9. The number of nitrogens with one attached hydrogen (secondary N) is 1. The average Bonchev–Trinajstić information content (AvgIpc) is 3.23. The summed E-state index contributed by atoms with van der Waals surface area (Å²) in [6.07, 6.45) is 0. The SMILES string of the molecule is Cc1ccc(C)c(Nc2nc3c(S(=O)(=O)c4ccc(C)c(C)c4)nnn3c3ccc(Cl)cc23)c1. The van der Waals surface area contributed by atoms with Crippen molar-refractivity contribution in [1.29, 1.82) is 0 Å². The quantitative estimate of drug-likeness (QED) is 0.344. The first-order chi connectivity index (χ1) is 16.1. The molecule has 5 rings (SSSR count). The molecule has 0 aliphatic carbocycles. The van der Waals surface area contributed by atoms with Gasteiger partial charge >= 0.3 is 0 Å². The van der Waals surface area contributed by atoms with E-state index < -0.39 is 9.84 Å². The highest BCUT2D eigenvalue weighted by atomic mass is 35.5. The third-order valence-corrected chi connectivity index (χ3v) is 7.85. The van der Waals surface area contributed by atoms with Crippen LogP contribution in [0.1, 0.15) is 22.3 Å². The Morgan fingerprint density at radius 1 is 0.882 bits per heavy atom. The Kier molecular flexibility index (Phi) is 5.30. The maximum absolute atomic E-state index is 13.5. The lowest BCUT2D eigenvalue weighted by atomic mass is 10.1. The molecule has 0 aliphatic heterocycles. The van der Waals surface area contributed by atoms with E-state index in [4.69, 9.17) is 16.6 Å². The van der Waals surface area contributed by atoms with Crippen LogP contribution in [-0.4, -0.2) is 28.2 Å². The van der Waals surface area contributed by atoms with Gasteiger partial charge in [-0.15, -0.1) is 5.10 Å². The number of hydrogen-bond donors (Lipinski definition) is 1. The lowest BCUT2D eigenvalue weighted by molar-refractivity contribution is 0.592. The predicted octanol–water partition coefficient (Wildman–Crippen LogP) is 5.74. The van der Waals surface area contributed by atoms with Crippen LogP contribution in [0.4, 0.5) is 11.5 Å². The first-order valence-electron chi connectivity index (χ1n) is 10.7. The van der Waals surface area contributed by atoms with Gasteiger partial charge in [0.05, 0.1) is 10.4 Å². The monoisotopic (exact) mass is 491 g/mol. The van der Waals surface area contributed by atoms with Gasteiger partial charge in [0.2, 0.25) is 14.9 Å². The Hall–Kier alpha value is -3.49. The van der Waals surface area contributed by atoms with Crippen molar-refractivity contribution in [2.45, 2.75) is 37.6 Å². The third-order valence-electron chi connectivity index (χ3n) is 5.97. The molecule has 0 radical (unpaired) electrons. The largest absolute Gasteiger partial charge is 0.339 e. The summed E-state index contributed by atoms with van der Waals surface area (Å²) in [6.45, 7) is 7.81. The van der Waals surface area contributed by atoms with E-state index in [2.05, 4.69) is 15.6 Å². The molecule has 3 aromatic carbocycles. The van der Waals surface area contributed by atoms with Crippen molar-refractivity contribution in [2.75, 3.05) is 5.32 Å². The van der Waals surface area contributed by atoms with Crippen LogP contribution in [-0.2, 0) is 9.84 Å². The molecule has 0 saturated heterocycles. The predicted molar refractivity (Wildman–Crippen MR) is 134 cm³/mol. The highest BCUT2D eigenvalue weighted by molar-refractivity contribution is 7.91. The Balaban J connectivity index is 1.77. The Morgan fingerprint density at radius 3 is 2.41 bits per heavy atom. The highest BCUT2D eigenvalue weighted by Crippen LogP contribution is 2.32. The minimum absolute atomic E-state index is 0.140. The standard InChI is InChI=1S/C25H22ClN5O2S/c1-14-5-6-16(3)21(11-14)27-23-20-13-18(26)8-10-22(20)31-24(28-23)25(29-30-31)34(32,33)19-9-7-15(2)17(4)12-19/h5-13H,1-4H3,(H,27,28). The number of rotatable bonds is 4. The summed E-state index contributed by atoms with van der Waals surface area (Å²) in [6, 6.07) is 16.3. The molecule has 2 aromatic heterocycles. The summed E-state index contributed by atoms with van der Waals surface area (Å²) in [5, 5.41) is 12.6. The van der Waals surface area contributed by atoms with Crippen LogP contribution >= 0.6 is 11.6 Å². The Labute approximate surface area is 202 Å². The van der Waals surface area contributed by atoms with Crippen LogP contribution in [0.2, 0.25) is 5.02 Å². The molecular weight excluding hydrogens is 470 g/mol. The number of benzene rings is 3. The summed E-state index contributed by atoms with van der Waals surface area (Å²) in [5.41, 5.74) is 5.63. The molecule has 9 heteroatoms. The van der Waals surface area contributed by atoms with Crippen LogP contribution in [0, 0.1) is 27.7 Å². The first-order valence-corrected chi connectivity index (χ1v) is 12.5. The van der Waals surface area contributed by atoms with E-state index in [1.165, 1.54) is 4.52 Å². The van der Waals surface area contributed by atoms with Gasteiger partial charge in [0.15, 0.2) is 5.65 Å². The van der Waals surface area contributed by atoms with Crippen LogP contribution in [0.25, 0.3) is 16.6 Å². The second-order valence-corrected chi connectivity index (χ2v) is 10.7. The summed E-state index contributed by atoms with van der Waals surface area (Å²) >= 11 is 6.29. The van der Waals surface area contributed by atoms with Crippen molar-refractivity contribution in [3.63, 3.8) is 0 Å². The zero-order valence-electron chi connectivity index (χ0n) is 19.1. The van der Waals surface area contributed by atoms with Gasteiger partial charge < -0.3 is 5.32 Å². The fourth-order valence-electron chi connectivity index (χ4n) is 3.83.